The van der Waals surface area contributed by atoms with Crippen LogP contribution in [0.2, 0.25) is 0 Å². The molecule has 0 aromatic carbocycles. The van der Waals surface area contributed by atoms with Gasteiger partial charge in [-0.05, 0) is 54.5 Å². The van der Waals surface area contributed by atoms with Crippen molar-refractivity contribution in [3.8, 4) is 11.1 Å². The largest absolute Gasteiger partial charge is 0.265 e. The fourth-order valence-corrected chi connectivity index (χ4v) is 2.69. The molecule has 0 amide bonds. The molecule has 0 saturated heterocycles. The van der Waals surface area contributed by atoms with E-state index in [1.54, 1.807) is 0 Å². The molecule has 0 saturated carbocycles. The van der Waals surface area contributed by atoms with Gasteiger partial charge in [-0.25, -0.2) is 0 Å². The van der Waals surface area contributed by atoms with E-state index in [-0.39, 0.29) is 0 Å². The van der Waals surface area contributed by atoms with Crippen LogP contribution in [0.5, 0.6) is 0 Å². The standard InChI is InChI=1S/C16H18N2/c1-11(2)16-14(12-6-8-17-9-7-12)10-13-4-3-5-15(13)18-16/h6-11H,3-5H2,1-2H3. The second kappa shape index (κ2) is 4.52. The second-order valence-electron chi connectivity index (χ2n) is 5.27. The van der Waals surface area contributed by atoms with Gasteiger partial charge in [0.25, 0.3) is 0 Å². The molecule has 0 unspecified atom stereocenters. The second-order valence-corrected chi connectivity index (χ2v) is 5.27. The highest BCUT2D eigenvalue weighted by molar-refractivity contribution is 5.67. The van der Waals surface area contributed by atoms with Crippen molar-refractivity contribution in [1.82, 2.24) is 9.97 Å². The SMILES string of the molecule is CC(C)c1nc2c(cc1-c1ccncc1)CCC2. The van der Waals surface area contributed by atoms with Gasteiger partial charge in [0, 0.05) is 23.7 Å². The summed E-state index contributed by atoms with van der Waals surface area (Å²) in [6.07, 6.45) is 7.28. The molecule has 0 bridgehead atoms. The van der Waals surface area contributed by atoms with E-state index in [2.05, 4.69) is 37.0 Å². The van der Waals surface area contributed by atoms with Crippen LogP contribution in [0.25, 0.3) is 11.1 Å². The topological polar surface area (TPSA) is 25.8 Å². The van der Waals surface area contributed by atoms with Crippen molar-refractivity contribution in [3.05, 3.63) is 47.5 Å². The van der Waals surface area contributed by atoms with Crippen LogP contribution < -0.4 is 0 Å². The van der Waals surface area contributed by atoms with Crippen LogP contribution in [0.15, 0.2) is 30.6 Å². The first kappa shape index (κ1) is 11.4. The molecule has 3 rings (SSSR count). The Bertz CT molecular complexity index is 559. The van der Waals surface area contributed by atoms with Crippen molar-refractivity contribution in [2.75, 3.05) is 0 Å². The Balaban J connectivity index is 2.18. The normalized spacial score (nSPS) is 13.9. The van der Waals surface area contributed by atoms with Gasteiger partial charge in [0.05, 0.1) is 5.69 Å². The van der Waals surface area contributed by atoms with E-state index in [1.807, 2.05) is 12.4 Å². The summed E-state index contributed by atoms with van der Waals surface area (Å²) in [5, 5.41) is 0. The van der Waals surface area contributed by atoms with Crippen molar-refractivity contribution in [2.45, 2.75) is 39.0 Å². The van der Waals surface area contributed by atoms with Crippen LogP contribution in [-0.4, -0.2) is 9.97 Å². The minimum absolute atomic E-state index is 0.457. The summed E-state index contributed by atoms with van der Waals surface area (Å²) < 4.78 is 0. The van der Waals surface area contributed by atoms with Gasteiger partial charge in [0.15, 0.2) is 0 Å². The summed E-state index contributed by atoms with van der Waals surface area (Å²) in [4.78, 5) is 9.01. The van der Waals surface area contributed by atoms with Gasteiger partial charge in [-0.15, -0.1) is 0 Å². The molecule has 92 valence electrons. The summed E-state index contributed by atoms with van der Waals surface area (Å²) in [5.41, 5.74) is 6.49. The third-order valence-corrected chi connectivity index (χ3v) is 3.62. The molecule has 0 radical (unpaired) electrons. The minimum Gasteiger partial charge on any atom is -0.265 e. The predicted octanol–water partition coefficient (Wildman–Crippen LogP) is 3.76. The van der Waals surface area contributed by atoms with Crippen LogP contribution in [0.1, 0.15) is 43.1 Å². The smallest absolute Gasteiger partial charge is 0.0510 e. The highest BCUT2D eigenvalue weighted by Gasteiger charge is 2.18. The fraction of sp³-hybridized carbons (Fsp3) is 0.375. The maximum absolute atomic E-state index is 4.91. The van der Waals surface area contributed by atoms with Crippen molar-refractivity contribution >= 4 is 0 Å². The van der Waals surface area contributed by atoms with Crippen LogP contribution in [0, 0.1) is 0 Å². The van der Waals surface area contributed by atoms with Gasteiger partial charge in [0.1, 0.15) is 0 Å². The molecule has 0 N–H and O–H groups in total. The zero-order valence-electron chi connectivity index (χ0n) is 11.0. The lowest BCUT2D eigenvalue weighted by Gasteiger charge is -2.14. The lowest BCUT2D eigenvalue weighted by molar-refractivity contribution is 0.809. The molecule has 2 heteroatoms. The summed E-state index contributed by atoms with van der Waals surface area (Å²) in [5.74, 6) is 0.457. The van der Waals surface area contributed by atoms with E-state index < -0.39 is 0 Å². The third-order valence-electron chi connectivity index (χ3n) is 3.62. The highest BCUT2D eigenvalue weighted by Crippen LogP contribution is 2.32. The Kier molecular flexibility index (Phi) is 2.86. The van der Waals surface area contributed by atoms with Gasteiger partial charge in [-0.3, -0.25) is 9.97 Å². The third kappa shape index (κ3) is 1.92. The summed E-state index contributed by atoms with van der Waals surface area (Å²) in [7, 11) is 0. The molecule has 18 heavy (non-hydrogen) atoms. The fourth-order valence-electron chi connectivity index (χ4n) is 2.69. The highest BCUT2D eigenvalue weighted by atomic mass is 14.7. The van der Waals surface area contributed by atoms with E-state index in [9.17, 15) is 0 Å². The van der Waals surface area contributed by atoms with Crippen molar-refractivity contribution in [3.63, 3.8) is 0 Å². The summed E-state index contributed by atoms with van der Waals surface area (Å²) >= 11 is 0. The molecule has 0 aliphatic heterocycles. The number of aromatic nitrogens is 2. The number of fused-ring (bicyclic) bond motifs is 1. The number of aryl methyl sites for hydroxylation is 2. The van der Waals surface area contributed by atoms with Crippen molar-refractivity contribution < 1.29 is 0 Å². The quantitative estimate of drug-likeness (QED) is 0.796. The molecular formula is C16H18N2. The number of nitrogens with zero attached hydrogens (tertiary/aromatic N) is 2. The van der Waals surface area contributed by atoms with Crippen LogP contribution >= 0.6 is 0 Å². The van der Waals surface area contributed by atoms with Gasteiger partial charge < -0.3 is 0 Å². The Hall–Kier alpha value is -1.70. The Morgan fingerprint density at radius 1 is 1.11 bits per heavy atom. The summed E-state index contributed by atoms with van der Waals surface area (Å²) in [6.45, 7) is 4.43. The minimum atomic E-state index is 0.457. The van der Waals surface area contributed by atoms with E-state index in [0.717, 1.165) is 6.42 Å². The van der Waals surface area contributed by atoms with Crippen LogP contribution in [-0.2, 0) is 12.8 Å². The van der Waals surface area contributed by atoms with Crippen LogP contribution in [0.4, 0.5) is 0 Å². The molecule has 2 heterocycles. The van der Waals surface area contributed by atoms with Gasteiger partial charge >= 0.3 is 0 Å². The molecule has 0 atom stereocenters. The lowest BCUT2D eigenvalue weighted by Crippen LogP contribution is -2.01. The predicted molar refractivity (Wildman–Crippen MR) is 73.6 cm³/mol. The summed E-state index contributed by atoms with van der Waals surface area (Å²) in [6, 6.07) is 6.49. The van der Waals surface area contributed by atoms with Crippen LogP contribution in [0.3, 0.4) is 0 Å². The Labute approximate surface area is 108 Å². The molecule has 1 aliphatic carbocycles. The molecule has 1 aliphatic rings. The van der Waals surface area contributed by atoms with E-state index >= 15 is 0 Å². The lowest BCUT2D eigenvalue weighted by atomic mass is 9.96. The van der Waals surface area contributed by atoms with E-state index in [1.165, 1.54) is 40.9 Å². The molecule has 0 spiro atoms. The number of rotatable bonds is 2. The zero-order valence-corrected chi connectivity index (χ0v) is 11.0. The average molecular weight is 238 g/mol. The Morgan fingerprint density at radius 2 is 1.89 bits per heavy atom. The van der Waals surface area contributed by atoms with E-state index in [0.29, 0.717) is 5.92 Å². The van der Waals surface area contributed by atoms with Gasteiger partial charge in [-0.1, -0.05) is 13.8 Å². The molecule has 2 aromatic heterocycles. The first-order valence-electron chi connectivity index (χ1n) is 6.69. The van der Waals surface area contributed by atoms with Crippen molar-refractivity contribution in [1.29, 1.82) is 0 Å². The first-order chi connectivity index (χ1) is 8.75. The first-order valence-corrected chi connectivity index (χ1v) is 6.69. The van der Waals surface area contributed by atoms with Crippen molar-refractivity contribution in [2.24, 2.45) is 0 Å². The van der Waals surface area contributed by atoms with E-state index in [4.69, 9.17) is 4.98 Å². The maximum Gasteiger partial charge on any atom is 0.0510 e. The number of pyridine rings is 2. The Morgan fingerprint density at radius 3 is 2.61 bits per heavy atom. The number of hydrogen-bond acceptors (Lipinski definition) is 2. The molecule has 2 nitrogen and oxygen atoms in total. The maximum atomic E-state index is 4.91. The zero-order chi connectivity index (χ0) is 12.5. The van der Waals surface area contributed by atoms with Gasteiger partial charge in [0.2, 0.25) is 0 Å². The molecule has 0 fully saturated rings. The average Bonchev–Trinajstić information content (AvgIpc) is 2.85. The monoisotopic (exact) mass is 238 g/mol. The number of hydrogen-bond donors (Lipinski definition) is 0. The molecule has 2 aromatic rings. The molecular weight excluding hydrogens is 220 g/mol. The van der Waals surface area contributed by atoms with Gasteiger partial charge in [-0.2, -0.15) is 0 Å².